The number of benzene rings is 1. The number of hydrogen-bond acceptors (Lipinski definition) is 5. The summed E-state index contributed by atoms with van der Waals surface area (Å²) in [5.74, 6) is -2.09. The molecule has 1 aromatic carbocycles. The number of carboxylic acid groups (broad SMARTS) is 1. The van der Waals surface area contributed by atoms with Crippen LogP contribution in [0.2, 0.25) is 0 Å². The molecule has 8 nitrogen and oxygen atoms in total. The highest BCUT2D eigenvalue weighted by atomic mass is 16.5. The molecule has 1 N–H and O–H groups in total. The number of carbonyl (C=O) groups is 4. The number of carbonyl (C=O) groups excluding carboxylic acids is 3. The lowest BCUT2D eigenvalue weighted by Gasteiger charge is -2.37. The number of hydrogen-bond donors (Lipinski definition) is 1. The molecule has 148 valence electrons. The Morgan fingerprint density at radius 2 is 1.93 bits per heavy atom. The van der Waals surface area contributed by atoms with E-state index in [0.29, 0.717) is 25.0 Å². The fourth-order valence-electron chi connectivity index (χ4n) is 3.98. The van der Waals surface area contributed by atoms with Crippen molar-refractivity contribution in [3.8, 4) is 5.75 Å². The van der Waals surface area contributed by atoms with Gasteiger partial charge in [0, 0.05) is 6.04 Å². The number of amides is 2. The van der Waals surface area contributed by atoms with Gasteiger partial charge < -0.3 is 14.7 Å². The number of para-hydroxylation sites is 2. The highest BCUT2D eigenvalue weighted by Crippen LogP contribution is 2.34. The number of fused-ring (bicyclic) bond motifs is 1. The van der Waals surface area contributed by atoms with Crippen molar-refractivity contribution in [1.82, 2.24) is 4.90 Å². The summed E-state index contributed by atoms with van der Waals surface area (Å²) < 4.78 is 5.30. The molecule has 2 heterocycles. The van der Waals surface area contributed by atoms with Crippen molar-refractivity contribution in [3.05, 3.63) is 36.4 Å². The number of carboxylic acids is 1. The van der Waals surface area contributed by atoms with Crippen LogP contribution in [0.25, 0.3) is 0 Å². The summed E-state index contributed by atoms with van der Waals surface area (Å²) in [6, 6.07) is 4.39. The molecule has 3 atom stereocenters. The maximum atomic E-state index is 13.4. The van der Waals surface area contributed by atoms with E-state index in [2.05, 4.69) is 0 Å². The lowest BCUT2D eigenvalue weighted by atomic mass is 10.0. The van der Waals surface area contributed by atoms with Gasteiger partial charge >= 0.3 is 5.97 Å². The zero-order valence-corrected chi connectivity index (χ0v) is 15.5. The van der Waals surface area contributed by atoms with Crippen LogP contribution in [0.3, 0.4) is 0 Å². The molecule has 0 aromatic heterocycles. The highest BCUT2D eigenvalue weighted by Gasteiger charge is 2.45. The number of ether oxygens (including phenoxy) is 1. The maximum Gasteiger partial charge on any atom is 0.326 e. The van der Waals surface area contributed by atoms with E-state index >= 15 is 0 Å². The van der Waals surface area contributed by atoms with Crippen molar-refractivity contribution < 1.29 is 29.0 Å². The Balaban J connectivity index is 2.07. The first kappa shape index (κ1) is 19.6. The third kappa shape index (κ3) is 3.49. The number of aliphatic carboxylic acids is 1. The largest absolute Gasteiger partial charge is 0.495 e. The minimum atomic E-state index is -1.07. The zero-order valence-electron chi connectivity index (χ0n) is 15.5. The summed E-state index contributed by atoms with van der Waals surface area (Å²) in [5, 5.41) is 9.54. The van der Waals surface area contributed by atoms with Gasteiger partial charge in [-0.1, -0.05) is 24.3 Å². The second-order valence-corrected chi connectivity index (χ2v) is 6.79. The van der Waals surface area contributed by atoms with Gasteiger partial charge in [0.25, 0.3) is 5.91 Å². The van der Waals surface area contributed by atoms with Crippen LogP contribution in [0.1, 0.15) is 25.7 Å². The van der Waals surface area contributed by atoms with Gasteiger partial charge in [0.05, 0.1) is 12.8 Å². The Labute approximate surface area is 162 Å². The first-order valence-electron chi connectivity index (χ1n) is 9.11. The summed E-state index contributed by atoms with van der Waals surface area (Å²) in [4.78, 5) is 51.4. The molecule has 2 aliphatic rings. The molecule has 2 amide bonds. The van der Waals surface area contributed by atoms with Gasteiger partial charge in [0.1, 0.15) is 17.8 Å². The molecule has 1 saturated heterocycles. The standard InChI is InChI=1S/C20H22N2O6/c1-28-17-9-5-4-7-14(17)22(18(24)12-23)15-8-3-2-6-13-10-11-16(20(26)27)21(13)19(15)25/h2-5,7,9,12-13,15-16H,6,8,10-11H2,1H3,(H,26,27)/t13-,15+,16+/m1/s1. The predicted molar refractivity (Wildman–Crippen MR) is 100.0 cm³/mol. The van der Waals surface area contributed by atoms with Gasteiger partial charge in [-0.3, -0.25) is 19.3 Å². The van der Waals surface area contributed by atoms with Crippen molar-refractivity contribution in [2.75, 3.05) is 12.0 Å². The highest BCUT2D eigenvalue weighted by molar-refractivity contribution is 6.32. The number of nitrogens with zero attached hydrogens (tertiary/aromatic N) is 2. The summed E-state index contributed by atoms with van der Waals surface area (Å²) in [6.07, 6.45) is 5.53. The Morgan fingerprint density at radius 3 is 2.61 bits per heavy atom. The van der Waals surface area contributed by atoms with E-state index in [1.54, 1.807) is 30.3 Å². The average Bonchev–Trinajstić information content (AvgIpc) is 3.12. The molecule has 0 aliphatic carbocycles. The Hall–Kier alpha value is -3.16. The molecule has 0 radical (unpaired) electrons. The van der Waals surface area contributed by atoms with Crippen molar-refractivity contribution in [3.63, 3.8) is 0 Å². The number of rotatable bonds is 5. The predicted octanol–water partition coefficient (Wildman–Crippen LogP) is 1.39. The van der Waals surface area contributed by atoms with Crippen LogP contribution in [0.15, 0.2) is 36.4 Å². The van der Waals surface area contributed by atoms with E-state index in [9.17, 15) is 24.3 Å². The van der Waals surface area contributed by atoms with Crippen molar-refractivity contribution >= 4 is 29.8 Å². The van der Waals surface area contributed by atoms with Gasteiger partial charge in [0.2, 0.25) is 12.2 Å². The zero-order chi connectivity index (χ0) is 20.3. The molecule has 8 heteroatoms. The smallest absolute Gasteiger partial charge is 0.326 e. The SMILES string of the molecule is COc1ccccc1N(C(=O)C=O)[C@H]1CC=CC[C@@H]2CC[C@@H](C(=O)O)N2C1=O. The Bertz CT molecular complexity index is 821. The molecule has 0 bridgehead atoms. The molecular weight excluding hydrogens is 364 g/mol. The second-order valence-electron chi connectivity index (χ2n) is 6.79. The Morgan fingerprint density at radius 1 is 1.21 bits per heavy atom. The van der Waals surface area contributed by atoms with Crippen LogP contribution in [0.4, 0.5) is 5.69 Å². The van der Waals surface area contributed by atoms with E-state index in [0.717, 1.165) is 4.90 Å². The fraction of sp³-hybridized carbons (Fsp3) is 0.400. The molecule has 1 aromatic rings. The molecule has 28 heavy (non-hydrogen) atoms. The van der Waals surface area contributed by atoms with Crippen molar-refractivity contribution in [2.45, 2.75) is 43.8 Å². The maximum absolute atomic E-state index is 13.4. The van der Waals surface area contributed by atoms with Crippen LogP contribution in [-0.4, -0.2) is 59.3 Å². The van der Waals surface area contributed by atoms with E-state index in [-0.39, 0.29) is 24.4 Å². The van der Waals surface area contributed by atoms with Crippen molar-refractivity contribution in [2.24, 2.45) is 0 Å². The normalized spacial score (nSPS) is 24.1. The monoisotopic (exact) mass is 386 g/mol. The summed E-state index contributed by atoms with van der Waals surface area (Å²) in [6.45, 7) is 0. The van der Waals surface area contributed by atoms with Gasteiger partial charge in [0.15, 0.2) is 0 Å². The topological polar surface area (TPSA) is 104 Å². The van der Waals surface area contributed by atoms with Crippen LogP contribution < -0.4 is 9.64 Å². The second kappa shape index (κ2) is 8.24. The summed E-state index contributed by atoms with van der Waals surface area (Å²) in [7, 11) is 1.43. The van der Waals surface area contributed by atoms with Crippen LogP contribution >= 0.6 is 0 Å². The fourth-order valence-corrected chi connectivity index (χ4v) is 3.98. The minimum absolute atomic E-state index is 0.151. The quantitative estimate of drug-likeness (QED) is 0.466. The minimum Gasteiger partial charge on any atom is -0.495 e. The molecule has 0 spiro atoms. The third-order valence-corrected chi connectivity index (χ3v) is 5.26. The van der Waals surface area contributed by atoms with E-state index in [1.807, 2.05) is 6.08 Å². The first-order chi connectivity index (χ1) is 13.5. The lowest BCUT2D eigenvalue weighted by molar-refractivity contribution is -0.150. The Kier molecular flexibility index (Phi) is 5.77. The average molecular weight is 386 g/mol. The van der Waals surface area contributed by atoms with Crippen LogP contribution in [0, 0.1) is 0 Å². The number of aldehydes is 1. The van der Waals surface area contributed by atoms with Gasteiger partial charge in [-0.05, 0) is 37.8 Å². The number of anilines is 1. The molecule has 2 aliphatic heterocycles. The molecular formula is C20H22N2O6. The first-order valence-corrected chi connectivity index (χ1v) is 9.11. The van der Waals surface area contributed by atoms with Crippen molar-refractivity contribution in [1.29, 1.82) is 0 Å². The molecule has 0 unspecified atom stereocenters. The molecule has 3 rings (SSSR count). The van der Waals surface area contributed by atoms with E-state index in [1.165, 1.54) is 12.0 Å². The lowest BCUT2D eigenvalue weighted by Crippen LogP contribution is -2.56. The molecule has 0 saturated carbocycles. The van der Waals surface area contributed by atoms with Gasteiger partial charge in [-0.2, -0.15) is 0 Å². The summed E-state index contributed by atoms with van der Waals surface area (Å²) in [5.41, 5.74) is 0.289. The summed E-state index contributed by atoms with van der Waals surface area (Å²) >= 11 is 0. The molecule has 1 fully saturated rings. The third-order valence-electron chi connectivity index (χ3n) is 5.26. The van der Waals surface area contributed by atoms with Crippen LogP contribution in [-0.2, 0) is 19.2 Å². The van der Waals surface area contributed by atoms with E-state index < -0.39 is 29.9 Å². The van der Waals surface area contributed by atoms with Gasteiger partial charge in [-0.15, -0.1) is 0 Å². The number of methoxy groups -OCH3 is 1. The van der Waals surface area contributed by atoms with E-state index in [4.69, 9.17) is 4.74 Å². The van der Waals surface area contributed by atoms with Crippen LogP contribution in [0.5, 0.6) is 5.75 Å². The van der Waals surface area contributed by atoms with Gasteiger partial charge in [-0.25, -0.2) is 4.79 Å².